The topological polar surface area (TPSA) is 234 Å². The number of carbonyl (C=O) groups excluding carboxylic acids is 4. The first-order chi connectivity index (χ1) is 14.9. The number of phenols is 1. The van der Waals surface area contributed by atoms with Crippen molar-refractivity contribution in [2.24, 2.45) is 11.5 Å². The minimum Gasteiger partial charge on any atom is -0.508 e. The Morgan fingerprint density at radius 2 is 1.50 bits per heavy atom. The average molecular weight is 453 g/mol. The van der Waals surface area contributed by atoms with E-state index in [2.05, 4.69) is 10.6 Å². The van der Waals surface area contributed by atoms with Crippen LogP contribution in [0.5, 0.6) is 5.75 Å². The Morgan fingerprint density at radius 3 is 2.00 bits per heavy atom. The molecule has 0 bridgehead atoms. The summed E-state index contributed by atoms with van der Waals surface area (Å²) in [5.74, 6) is -4.93. The Labute approximate surface area is 183 Å². The van der Waals surface area contributed by atoms with E-state index >= 15 is 0 Å². The maximum absolute atomic E-state index is 12.5. The van der Waals surface area contributed by atoms with E-state index < -0.39 is 66.8 Å². The van der Waals surface area contributed by atoms with Gasteiger partial charge in [0.2, 0.25) is 23.6 Å². The lowest BCUT2D eigenvalue weighted by atomic mass is 10.0. The number of aliphatic hydroxyl groups excluding tert-OH is 1. The van der Waals surface area contributed by atoms with Gasteiger partial charge in [0.25, 0.3) is 0 Å². The van der Waals surface area contributed by atoms with Gasteiger partial charge in [0.15, 0.2) is 0 Å². The van der Waals surface area contributed by atoms with Crippen LogP contribution in [-0.2, 0) is 30.4 Å². The largest absolute Gasteiger partial charge is 0.508 e. The number of carbonyl (C=O) groups is 5. The number of aromatic hydroxyl groups is 1. The lowest BCUT2D eigenvalue weighted by Gasteiger charge is -2.22. The molecule has 0 aliphatic heterocycles. The summed E-state index contributed by atoms with van der Waals surface area (Å²) >= 11 is 0. The summed E-state index contributed by atoms with van der Waals surface area (Å²) in [5.41, 5.74) is 11.6. The van der Waals surface area contributed by atoms with Gasteiger partial charge in [-0.1, -0.05) is 12.1 Å². The van der Waals surface area contributed by atoms with Gasteiger partial charge < -0.3 is 42.7 Å². The molecule has 0 saturated heterocycles. The normalized spacial score (nSPS) is 14.3. The maximum Gasteiger partial charge on any atom is 0.328 e. The lowest BCUT2D eigenvalue weighted by Crippen LogP contribution is -2.57. The number of rotatable bonds is 12. The molecule has 1 rings (SSSR count). The van der Waals surface area contributed by atoms with Crippen LogP contribution in [0.25, 0.3) is 0 Å². The second-order valence-electron chi connectivity index (χ2n) is 7.02. The molecule has 0 aromatic heterocycles. The maximum atomic E-state index is 12.5. The number of amides is 4. The van der Waals surface area contributed by atoms with Gasteiger partial charge in [-0.25, -0.2) is 4.79 Å². The quantitative estimate of drug-likeness (QED) is 0.158. The summed E-state index contributed by atoms with van der Waals surface area (Å²) in [6.45, 7) is 0.379. The number of aliphatic carboxylic acids is 1. The number of carboxylic acids is 1. The molecule has 4 atom stereocenters. The van der Waals surface area contributed by atoms with Gasteiger partial charge in [-0.3, -0.25) is 19.2 Å². The Morgan fingerprint density at radius 1 is 0.938 bits per heavy atom. The molecule has 1 aromatic carbocycles. The van der Waals surface area contributed by atoms with Crippen molar-refractivity contribution in [1.29, 1.82) is 0 Å². The highest BCUT2D eigenvalue weighted by molar-refractivity contribution is 5.96. The van der Waals surface area contributed by atoms with Gasteiger partial charge >= 0.3 is 5.97 Å². The highest BCUT2D eigenvalue weighted by Crippen LogP contribution is 2.11. The molecule has 13 heteroatoms. The number of benzene rings is 1. The molecular formula is C19H27N5O8. The summed E-state index contributed by atoms with van der Waals surface area (Å²) < 4.78 is 0. The molecule has 32 heavy (non-hydrogen) atoms. The first-order valence-electron chi connectivity index (χ1n) is 9.51. The van der Waals surface area contributed by atoms with E-state index in [1.165, 1.54) is 19.1 Å². The molecule has 10 N–H and O–H groups in total. The molecule has 0 radical (unpaired) electrons. The van der Waals surface area contributed by atoms with Gasteiger partial charge in [0.1, 0.15) is 23.9 Å². The van der Waals surface area contributed by atoms with Crippen molar-refractivity contribution < 1.29 is 39.3 Å². The zero-order chi connectivity index (χ0) is 24.4. The average Bonchev–Trinajstić information content (AvgIpc) is 2.72. The number of nitrogens with two attached hydrogens (primary N) is 2. The molecule has 1 aromatic rings. The van der Waals surface area contributed by atoms with E-state index in [0.29, 0.717) is 5.56 Å². The number of primary amides is 1. The van der Waals surface area contributed by atoms with Crippen LogP contribution in [0, 0.1) is 0 Å². The molecular weight excluding hydrogens is 426 g/mol. The van der Waals surface area contributed by atoms with Crippen LogP contribution >= 0.6 is 0 Å². The molecule has 0 aliphatic carbocycles. The lowest BCUT2D eigenvalue weighted by molar-refractivity contribution is -0.143. The fourth-order valence-corrected chi connectivity index (χ4v) is 2.53. The van der Waals surface area contributed by atoms with Crippen LogP contribution in [0.2, 0.25) is 0 Å². The Bertz CT molecular complexity index is 845. The molecule has 4 amide bonds. The Hall–Kier alpha value is -3.71. The number of carboxylic acid groups (broad SMARTS) is 1. The Balaban J connectivity index is 2.76. The molecule has 0 fully saturated rings. The zero-order valence-corrected chi connectivity index (χ0v) is 17.3. The van der Waals surface area contributed by atoms with Crippen LogP contribution < -0.4 is 27.4 Å². The van der Waals surface area contributed by atoms with Crippen LogP contribution in [0.3, 0.4) is 0 Å². The highest BCUT2D eigenvalue weighted by atomic mass is 16.4. The van der Waals surface area contributed by atoms with Gasteiger partial charge in [0.05, 0.1) is 19.1 Å². The predicted octanol–water partition coefficient (Wildman–Crippen LogP) is -3.31. The fourth-order valence-electron chi connectivity index (χ4n) is 2.53. The van der Waals surface area contributed by atoms with Crippen LogP contribution in [0.15, 0.2) is 24.3 Å². The van der Waals surface area contributed by atoms with Crippen molar-refractivity contribution >= 4 is 29.6 Å². The van der Waals surface area contributed by atoms with E-state index in [9.17, 15) is 29.1 Å². The van der Waals surface area contributed by atoms with E-state index in [-0.39, 0.29) is 12.2 Å². The van der Waals surface area contributed by atoms with Crippen molar-refractivity contribution in [2.45, 2.75) is 43.9 Å². The third-order valence-electron chi connectivity index (χ3n) is 4.32. The first kappa shape index (κ1) is 26.3. The van der Waals surface area contributed by atoms with Gasteiger partial charge in [0, 0.05) is 0 Å². The van der Waals surface area contributed by atoms with Crippen LogP contribution in [-0.4, -0.2) is 75.7 Å². The zero-order valence-electron chi connectivity index (χ0n) is 17.3. The fraction of sp³-hybridized carbons (Fsp3) is 0.421. The first-order valence-corrected chi connectivity index (χ1v) is 9.51. The molecule has 0 heterocycles. The molecule has 0 spiro atoms. The van der Waals surface area contributed by atoms with Crippen LogP contribution in [0.1, 0.15) is 18.9 Å². The second-order valence-corrected chi connectivity index (χ2v) is 7.02. The molecule has 0 saturated carbocycles. The van der Waals surface area contributed by atoms with Crippen LogP contribution in [0.4, 0.5) is 0 Å². The third-order valence-corrected chi connectivity index (χ3v) is 4.32. The summed E-state index contributed by atoms with van der Waals surface area (Å²) in [6, 6.07) is 0.608. The van der Waals surface area contributed by atoms with Crippen molar-refractivity contribution in [1.82, 2.24) is 16.0 Å². The van der Waals surface area contributed by atoms with E-state index in [1.807, 2.05) is 5.32 Å². The van der Waals surface area contributed by atoms with Gasteiger partial charge in [-0.15, -0.1) is 0 Å². The van der Waals surface area contributed by atoms with Crippen molar-refractivity contribution in [3.63, 3.8) is 0 Å². The van der Waals surface area contributed by atoms with Gasteiger partial charge in [-0.05, 0) is 31.0 Å². The SMILES string of the molecule is CC(NC(=O)C(CC(N)=O)NC(=O)C(N)Cc1ccc(O)cc1)C(=O)NC(CO)C(=O)O. The predicted molar refractivity (Wildman–Crippen MR) is 110 cm³/mol. The minimum atomic E-state index is -1.57. The van der Waals surface area contributed by atoms with E-state index in [0.717, 1.165) is 0 Å². The standard InChI is InChI=1S/C19H27N5O8/c1-9(16(28)24-14(8-25)19(31)32)22-18(30)13(7-15(21)27)23-17(29)12(20)6-10-2-4-11(26)5-3-10/h2-5,9,12-14,25-26H,6-8,20H2,1H3,(H2,21,27)(H,22,30)(H,23,29)(H,24,28)(H,31,32). The monoisotopic (exact) mass is 453 g/mol. The van der Waals surface area contributed by atoms with E-state index in [4.69, 9.17) is 21.7 Å². The van der Waals surface area contributed by atoms with Crippen molar-refractivity contribution in [2.75, 3.05) is 6.61 Å². The molecule has 13 nitrogen and oxygen atoms in total. The number of hydrogen-bond donors (Lipinski definition) is 8. The minimum absolute atomic E-state index is 0.0387. The van der Waals surface area contributed by atoms with E-state index in [1.54, 1.807) is 12.1 Å². The van der Waals surface area contributed by atoms with Crippen molar-refractivity contribution in [3.05, 3.63) is 29.8 Å². The molecule has 0 aliphatic rings. The third kappa shape index (κ3) is 8.57. The Kier molecular flexibility index (Phi) is 10.1. The summed E-state index contributed by atoms with van der Waals surface area (Å²) in [6.07, 6.45) is -0.500. The summed E-state index contributed by atoms with van der Waals surface area (Å²) in [5, 5.41) is 33.7. The number of phenolic OH excluding ortho intramolecular Hbond substituents is 1. The highest BCUT2D eigenvalue weighted by Gasteiger charge is 2.29. The molecule has 4 unspecified atom stereocenters. The number of nitrogens with one attached hydrogen (secondary N) is 3. The second kappa shape index (κ2) is 12.2. The van der Waals surface area contributed by atoms with Crippen molar-refractivity contribution in [3.8, 4) is 5.75 Å². The summed E-state index contributed by atoms with van der Waals surface area (Å²) in [7, 11) is 0. The smallest absolute Gasteiger partial charge is 0.328 e. The number of aliphatic hydroxyl groups is 1. The molecule has 176 valence electrons. The van der Waals surface area contributed by atoms with Gasteiger partial charge in [-0.2, -0.15) is 0 Å². The number of hydrogen-bond acceptors (Lipinski definition) is 8. The summed E-state index contributed by atoms with van der Waals surface area (Å²) in [4.78, 5) is 59.1.